The number of nitrogens with zero attached hydrogens (tertiary/aromatic N) is 1. The van der Waals surface area contributed by atoms with E-state index in [9.17, 15) is 4.79 Å². The molecule has 0 radical (unpaired) electrons. The predicted molar refractivity (Wildman–Crippen MR) is 74.3 cm³/mol. The Kier molecular flexibility index (Phi) is 3.42. The molecule has 2 N–H and O–H groups in total. The van der Waals surface area contributed by atoms with Gasteiger partial charge in [-0.15, -0.1) is 0 Å². The second-order valence-electron chi connectivity index (χ2n) is 4.95. The van der Waals surface area contributed by atoms with Gasteiger partial charge in [-0.25, -0.2) is 4.98 Å². The molecule has 0 aliphatic carbocycles. The maximum atomic E-state index is 10.7. The number of benzene rings is 1. The highest BCUT2D eigenvalue weighted by Crippen LogP contribution is 2.30. The van der Waals surface area contributed by atoms with Crippen LogP contribution in [0.1, 0.15) is 28.1 Å². The van der Waals surface area contributed by atoms with Gasteiger partial charge in [0.25, 0.3) is 0 Å². The summed E-state index contributed by atoms with van der Waals surface area (Å²) in [6, 6.07) is 2.17. The van der Waals surface area contributed by atoms with Gasteiger partial charge in [-0.05, 0) is 49.9 Å². The monoisotopic (exact) mass is 258 g/mol. The zero-order chi connectivity index (χ0) is 14.2. The van der Waals surface area contributed by atoms with Crippen molar-refractivity contribution in [2.75, 3.05) is 0 Å². The van der Waals surface area contributed by atoms with Gasteiger partial charge in [-0.3, -0.25) is 4.79 Å². The number of rotatable bonds is 3. The zero-order valence-electron chi connectivity index (χ0n) is 11.7. The van der Waals surface area contributed by atoms with Crippen molar-refractivity contribution in [3.63, 3.8) is 0 Å². The Morgan fingerprint density at radius 2 is 1.79 bits per heavy atom. The van der Waals surface area contributed by atoms with E-state index in [2.05, 4.69) is 43.7 Å². The molecule has 0 spiro atoms. The number of H-pyrrole nitrogens is 1. The Morgan fingerprint density at radius 1 is 1.21 bits per heavy atom. The van der Waals surface area contributed by atoms with Crippen LogP contribution in [0.15, 0.2) is 12.3 Å². The van der Waals surface area contributed by atoms with E-state index in [0.29, 0.717) is 5.82 Å². The molecule has 0 aliphatic heterocycles. The third-order valence-electron chi connectivity index (χ3n) is 3.58. The van der Waals surface area contributed by atoms with E-state index >= 15 is 0 Å². The van der Waals surface area contributed by atoms with Gasteiger partial charge < -0.3 is 10.1 Å². The largest absolute Gasteiger partial charge is 0.481 e. The number of nitrogens with one attached hydrogen (secondary N) is 1. The third kappa shape index (κ3) is 2.52. The van der Waals surface area contributed by atoms with E-state index in [1.54, 1.807) is 6.20 Å². The molecule has 2 rings (SSSR count). The highest BCUT2D eigenvalue weighted by atomic mass is 16.4. The SMILES string of the molecule is Cc1cc(C)c(C)c(-c2cnc(CC(=O)O)[nH]2)c1C. The first-order valence-corrected chi connectivity index (χ1v) is 6.23. The summed E-state index contributed by atoms with van der Waals surface area (Å²) >= 11 is 0. The van der Waals surface area contributed by atoms with Crippen molar-refractivity contribution >= 4 is 5.97 Å². The van der Waals surface area contributed by atoms with E-state index in [-0.39, 0.29) is 6.42 Å². The number of carboxylic acid groups (broad SMARTS) is 1. The number of aliphatic carboxylic acids is 1. The lowest BCUT2D eigenvalue weighted by Gasteiger charge is -2.13. The number of carbonyl (C=O) groups is 1. The molecule has 4 nitrogen and oxygen atoms in total. The number of hydrogen-bond acceptors (Lipinski definition) is 2. The van der Waals surface area contributed by atoms with Gasteiger partial charge in [0, 0.05) is 5.56 Å². The molecular weight excluding hydrogens is 240 g/mol. The molecule has 100 valence electrons. The summed E-state index contributed by atoms with van der Waals surface area (Å²) in [4.78, 5) is 17.9. The number of carboxylic acids is 1. The van der Waals surface area contributed by atoms with Crippen molar-refractivity contribution in [2.45, 2.75) is 34.1 Å². The van der Waals surface area contributed by atoms with E-state index in [4.69, 9.17) is 5.11 Å². The first kappa shape index (κ1) is 13.3. The quantitative estimate of drug-likeness (QED) is 0.889. The van der Waals surface area contributed by atoms with Crippen molar-refractivity contribution in [2.24, 2.45) is 0 Å². The normalized spacial score (nSPS) is 10.7. The van der Waals surface area contributed by atoms with E-state index in [1.807, 2.05) is 0 Å². The van der Waals surface area contributed by atoms with E-state index in [1.165, 1.54) is 22.3 Å². The molecule has 4 heteroatoms. The van der Waals surface area contributed by atoms with Crippen molar-refractivity contribution in [3.05, 3.63) is 40.3 Å². The van der Waals surface area contributed by atoms with Crippen molar-refractivity contribution < 1.29 is 9.90 Å². The van der Waals surface area contributed by atoms with Crippen LogP contribution in [0, 0.1) is 27.7 Å². The van der Waals surface area contributed by atoms with Gasteiger partial charge in [0.1, 0.15) is 12.2 Å². The summed E-state index contributed by atoms with van der Waals surface area (Å²) in [5, 5.41) is 8.78. The molecule has 2 aromatic rings. The first-order valence-electron chi connectivity index (χ1n) is 6.23. The van der Waals surface area contributed by atoms with Gasteiger partial charge in [0.2, 0.25) is 0 Å². The van der Waals surface area contributed by atoms with E-state index in [0.717, 1.165) is 11.3 Å². The van der Waals surface area contributed by atoms with Crippen LogP contribution in [0.25, 0.3) is 11.3 Å². The second kappa shape index (κ2) is 4.88. The fourth-order valence-electron chi connectivity index (χ4n) is 2.34. The summed E-state index contributed by atoms with van der Waals surface area (Å²) < 4.78 is 0. The molecule has 1 aromatic carbocycles. The Hall–Kier alpha value is -2.10. The third-order valence-corrected chi connectivity index (χ3v) is 3.58. The first-order chi connectivity index (χ1) is 8.90. The molecule has 19 heavy (non-hydrogen) atoms. The van der Waals surface area contributed by atoms with Crippen molar-refractivity contribution in [3.8, 4) is 11.3 Å². The molecule has 0 aliphatic rings. The molecule has 0 bridgehead atoms. The number of aromatic amines is 1. The minimum atomic E-state index is -0.880. The molecule has 1 aromatic heterocycles. The lowest BCUT2D eigenvalue weighted by molar-refractivity contribution is -0.136. The van der Waals surface area contributed by atoms with Gasteiger partial charge in [0.15, 0.2) is 0 Å². The van der Waals surface area contributed by atoms with Gasteiger partial charge in [-0.2, -0.15) is 0 Å². The molecule has 0 fully saturated rings. The van der Waals surface area contributed by atoms with Crippen molar-refractivity contribution in [1.82, 2.24) is 9.97 Å². The predicted octanol–water partition coefficient (Wildman–Crippen LogP) is 2.94. The molecule has 0 unspecified atom stereocenters. The highest BCUT2D eigenvalue weighted by molar-refractivity contribution is 5.72. The minimum Gasteiger partial charge on any atom is -0.481 e. The van der Waals surface area contributed by atoms with Crippen LogP contribution in [0.4, 0.5) is 0 Å². The Labute approximate surface area is 112 Å². The maximum Gasteiger partial charge on any atom is 0.311 e. The molecule has 0 atom stereocenters. The van der Waals surface area contributed by atoms with Crippen LogP contribution < -0.4 is 0 Å². The maximum absolute atomic E-state index is 10.7. The minimum absolute atomic E-state index is 0.0805. The van der Waals surface area contributed by atoms with Gasteiger partial charge >= 0.3 is 5.97 Å². The smallest absolute Gasteiger partial charge is 0.311 e. The van der Waals surface area contributed by atoms with Crippen LogP contribution >= 0.6 is 0 Å². The Balaban J connectivity index is 2.53. The van der Waals surface area contributed by atoms with E-state index < -0.39 is 5.97 Å². The van der Waals surface area contributed by atoms with Crippen molar-refractivity contribution in [1.29, 1.82) is 0 Å². The van der Waals surface area contributed by atoms with Gasteiger partial charge in [-0.1, -0.05) is 6.07 Å². The average molecular weight is 258 g/mol. The Bertz CT molecular complexity index is 616. The topological polar surface area (TPSA) is 66.0 Å². The summed E-state index contributed by atoms with van der Waals surface area (Å²) in [5.74, 6) is -0.393. The number of aryl methyl sites for hydroxylation is 2. The van der Waals surface area contributed by atoms with Crippen LogP contribution in [-0.4, -0.2) is 21.0 Å². The number of imidazole rings is 1. The molecule has 0 saturated heterocycles. The van der Waals surface area contributed by atoms with Crippen LogP contribution in [0.5, 0.6) is 0 Å². The standard InChI is InChI=1S/C15H18N2O2/c1-8-5-9(2)11(4)15(10(8)3)12-7-16-13(17-12)6-14(18)19/h5,7H,6H2,1-4H3,(H,16,17)(H,18,19). The van der Waals surface area contributed by atoms with Crippen LogP contribution in [0.3, 0.4) is 0 Å². The zero-order valence-corrected chi connectivity index (χ0v) is 11.7. The molecular formula is C15H18N2O2. The van der Waals surface area contributed by atoms with Crippen LogP contribution in [-0.2, 0) is 11.2 Å². The lowest BCUT2D eigenvalue weighted by Crippen LogP contribution is -2.01. The average Bonchev–Trinajstić information content (AvgIpc) is 2.74. The fourth-order valence-corrected chi connectivity index (χ4v) is 2.34. The molecule has 0 saturated carbocycles. The molecule has 0 amide bonds. The second-order valence-corrected chi connectivity index (χ2v) is 4.95. The molecule has 1 heterocycles. The summed E-state index contributed by atoms with van der Waals surface area (Å²) in [6.07, 6.45) is 1.63. The summed E-state index contributed by atoms with van der Waals surface area (Å²) in [6.45, 7) is 8.32. The number of aromatic nitrogens is 2. The van der Waals surface area contributed by atoms with Gasteiger partial charge in [0.05, 0.1) is 11.9 Å². The summed E-state index contributed by atoms with van der Waals surface area (Å²) in [7, 11) is 0. The highest BCUT2D eigenvalue weighted by Gasteiger charge is 2.13. The number of hydrogen-bond donors (Lipinski definition) is 2. The Morgan fingerprint density at radius 3 is 2.32 bits per heavy atom. The van der Waals surface area contributed by atoms with Crippen LogP contribution in [0.2, 0.25) is 0 Å². The fraction of sp³-hybridized carbons (Fsp3) is 0.333. The summed E-state index contributed by atoms with van der Waals surface area (Å²) in [5.41, 5.74) is 6.88. The lowest BCUT2D eigenvalue weighted by atomic mass is 9.93.